The van der Waals surface area contributed by atoms with Gasteiger partial charge in [-0.2, -0.15) is 0 Å². The molecule has 1 N–H and O–H groups in total. The Morgan fingerprint density at radius 1 is 1.16 bits per heavy atom. The van der Waals surface area contributed by atoms with Crippen LogP contribution in [0.5, 0.6) is 0 Å². The summed E-state index contributed by atoms with van der Waals surface area (Å²) in [6.45, 7) is 8.86. The van der Waals surface area contributed by atoms with Crippen LogP contribution in [0.15, 0.2) is 24.3 Å². The van der Waals surface area contributed by atoms with Gasteiger partial charge in [-0.05, 0) is 45.4 Å². The molecule has 5 nitrogen and oxygen atoms in total. The van der Waals surface area contributed by atoms with E-state index in [9.17, 15) is 15.2 Å². The van der Waals surface area contributed by atoms with Gasteiger partial charge in [-0.1, -0.05) is 0 Å². The van der Waals surface area contributed by atoms with E-state index in [-0.39, 0.29) is 5.69 Å². The summed E-state index contributed by atoms with van der Waals surface area (Å²) in [7, 11) is 0. The van der Waals surface area contributed by atoms with E-state index in [4.69, 9.17) is 0 Å². The zero-order valence-electron chi connectivity index (χ0n) is 11.9. The number of nitro groups is 1. The van der Waals surface area contributed by atoms with Gasteiger partial charge in [0.05, 0.1) is 11.0 Å². The minimum absolute atomic E-state index is 0.0422. The first-order valence-corrected chi connectivity index (χ1v) is 6.51. The third-order valence-electron chi connectivity index (χ3n) is 3.20. The number of rotatable bonds is 6. The highest BCUT2D eigenvalue weighted by Gasteiger charge is 2.19. The van der Waals surface area contributed by atoms with Crippen molar-refractivity contribution in [2.24, 2.45) is 0 Å². The molecule has 0 saturated carbocycles. The molecule has 0 aromatic heterocycles. The molecular formula is C14H22N2O3. The fraction of sp³-hybridized carbons (Fsp3) is 0.571. The largest absolute Gasteiger partial charge is 0.387 e. The summed E-state index contributed by atoms with van der Waals surface area (Å²) < 4.78 is 0. The predicted octanol–water partition coefficient (Wildman–Crippen LogP) is 2.75. The van der Waals surface area contributed by atoms with Gasteiger partial charge in [0.2, 0.25) is 0 Å². The zero-order valence-corrected chi connectivity index (χ0v) is 11.9. The van der Waals surface area contributed by atoms with Gasteiger partial charge >= 0.3 is 0 Å². The number of aliphatic hydroxyl groups excluding tert-OH is 1. The van der Waals surface area contributed by atoms with Crippen LogP contribution in [0, 0.1) is 10.1 Å². The van der Waals surface area contributed by atoms with E-state index in [0.29, 0.717) is 24.2 Å². The highest BCUT2D eigenvalue weighted by atomic mass is 16.6. The lowest BCUT2D eigenvalue weighted by Crippen LogP contribution is -2.39. The average molecular weight is 266 g/mol. The van der Waals surface area contributed by atoms with E-state index in [0.717, 1.165) is 0 Å². The van der Waals surface area contributed by atoms with Crippen LogP contribution >= 0.6 is 0 Å². The molecule has 0 aliphatic carbocycles. The Kier molecular flexibility index (Phi) is 5.44. The number of non-ortho nitro benzene ring substituents is 1. The van der Waals surface area contributed by atoms with E-state index >= 15 is 0 Å². The normalized spacial score (nSPS) is 13.3. The van der Waals surface area contributed by atoms with E-state index in [2.05, 4.69) is 32.6 Å². The van der Waals surface area contributed by atoms with Crippen molar-refractivity contribution in [1.82, 2.24) is 4.90 Å². The molecule has 0 spiro atoms. The number of hydrogen-bond acceptors (Lipinski definition) is 4. The second kappa shape index (κ2) is 6.63. The Hall–Kier alpha value is -1.46. The molecule has 5 heteroatoms. The molecule has 1 aromatic rings. The van der Waals surface area contributed by atoms with Crippen molar-refractivity contribution >= 4 is 5.69 Å². The third-order valence-corrected chi connectivity index (χ3v) is 3.20. The topological polar surface area (TPSA) is 66.6 Å². The fourth-order valence-electron chi connectivity index (χ4n) is 2.14. The van der Waals surface area contributed by atoms with Gasteiger partial charge in [0.25, 0.3) is 5.69 Å². The number of nitro benzene ring substituents is 1. The molecule has 0 radical (unpaired) electrons. The predicted molar refractivity (Wildman–Crippen MR) is 75.0 cm³/mol. The summed E-state index contributed by atoms with van der Waals surface area (Å²) in [5.41, 5.74) is 0.748. The Morgan fingerprint density at radius 3 is 2.00 bits per heavy atom. The minimum atomic E-state index is -0.634. The quantitative estimate of drug-likeness (QED) is 0.635. The molecule has 0 heterocycles. The molecule has 0 bridgehead atoms. The number of nitrogens with zero attached hydrogens (tertiary/aromatic N) is 2. The highest BCUT2D eigenvalue weighted by molar-refractivity contribution is 5.33. The molecule has 1 rings (SSSR count). The van der Waals surface area contributed by atoms with Crippen LogP contribution in [-0.2, 0) is 0 Å². The average Bonchev–Trinajstić information content (AvgIpc) is 2.34. The lowest BCUT2D eigenvalue weighted by Gasteiger charge is -2.32. The Bertz CT molecular complexity index is 407. The van der Waals surface area contributed by atoms with E-state index in [1.165, 1.54) is 12.1 Å². The molecule has 0 fully saturated rings. The first kappa shape index (κ1) is 15.6. The standard InChI is InChI=1S/C14H22N2O3/c1-10(2)15(11(3)4)9-14(17)12-5-7-13(8-6-12)16(18)19/h5-8,10-11,14,17H,9H2,1-4H3. The lowest BCUT2D eigenvalue weighted by atomic mass is 10.1. The first-order valence-electron chi connectivity index (χ1n) is 6.51. The molecule has 0 saturated heterocycles. The smallest absolute Gasteiger partial charge is 0.269 e. The van der Waals surface area contributed by atoms with E-state index in [1.807, 2.05) is 0 Å². The minimum Gasteiger partial charge on any atom is -0.387 e. The van der Waals surface area contributed by atoms with Crippen LogP contribution in [0.4, 0.5) is 5.69 Å². The summed E-state index contributed by atoms with van der Waals surface area (Å²) in [5, 5.41) is 20.8. The van der Waals surface area contributed by atoms with Crippen molar-refractivity contribution in [3.63, 3.8) is 0 Å². The maximum atomic E-state index is 10.6. The van der Waals surface area contributed by atoms with Gasteiger partial charge in [-0.15, -0.1) is 0 Å². The van der Waals surface area contributed by atoms with Crippen LogP contribution < -0.4 is 0 Å². The fourth-order valence-corrected chi connectivity index (χ4v) is 2.14. The first-order chi connectivity index (χ1) is 8.82. The summed E-state index contributed by atoms with van der Waals surface area (Å²) in [6.07, 6.45) is -0.634. The molecule has 0 aliphatic rings. The molecule has 1 aromatic carbocycles. The monoisotopic (exact) mass is 266 g/mol. The van der Waals surface area contributed by atoms with Gasteiger partial charge in [0.15, 0.2) is 0 Å². The van der Waals surface area contributed by atoms with Crippen LogP contribution in [0.25, 0.3) is 0 Å². The molecular weight excluding hydrogens is 244 g/mol. The van der Waals surface area contributed by atoms with Crippen molar-refractivity contribution in [3.8, 4) is 0 Å². The van der Waals surface area contributed by atoms with Crippen LogP contribution in [0.2, 0.25) is 0 Å². The molecule has 0 amide bonds. The molecule has 0 aliphatic heterocycles. The van der Waals surface area contributed by atoms with E-state index in [1.54, 1.807) is 12.1 Å². The van der Waals surface area contributed by atoms with Crippen molar-refractivity contribution in [2.75, 3.05) is 6.54 Å². The van der Waals surface area contributed by atoms with Crippen molar-refractivity contribution in [2.45, 2.75) is 45.9 Å². The number of hydrogen-bond donors (Lipinski definition) is 1. The van der Waals surface area contributed by atoms with Gasteiger partial charge < -0.3 is 5.11 Å². The van der Waals surface area contributed by atoms with Gasteiger partial charge in [-0.25, -0.2) is 0 Å². The van der Waals surface area contributed by atoms with Gasteiger partial charge in [0, 0.05) is 30.8 Å². The van der Waals surface area contributed by atoms with Crippen molar-refractivity contribution < 1.29 is 10.0 Å². The second-order valence-electron chi connectivity index (χ2n) is 5.25. The lowest BCUT2D eigenvalue weighted by molar-refractivity contribution is -0.384. The molecule has 1 atom stereocenters. The van der Waals surface area contributed by atoms with Gasteiger partial charge in [-0.3, -0.25) is 15.0 Å². The summed E-state index contributed by atoms with van der Waals surface area (Å²) in [4.78, 5) is 12.3. The summed E-state index contributed by atoms with van der Waals surface area (Å²) in [6, 6.07) is 6.75. The van der Waals surface area contributed by atoms with Crippen LogP contribution in [-0.4, -0.2) is 33.6 Å². The van der Waals surface area contributed by atoms with Crippen molar-refractivity contribution in [3.05, 3.63) is 39.9 Å². The number of benzene rings is 1. The SMILES string of the molecule is CC(C)N(CC(O)c1ccc([N+](=O)[O-])cc1)C(C)C. The molecule has 19 heavy (non-hydrogen) atoms. The second-order valence-corrected chi connectivity index (χ2v) is 5.25. The van der Waals surface area contributed by atoms with Crippen molar-refractivity contribution in [1.29, 1.82) is 0 Å². The zero-order chi connectivity index (χ0) is 14.6. The Labute approximate surface area is 114 Å². The van der Waals surface area contributed by atoms with Gasteiger partial charge in [0.1, 0.15) is 0 Å². The third kappa shape index (κ3) is 4.29. The summed E-state index contributed by atoms with van der Waals surface area (Å²) >= 11 is 0. The van der Waals surface area contributed by atoms with Crippen LogP contribution in [0.3, 0.4) is 0 Å². The number of aliphatic hydroxyl groups is 1. The maximum Gasteiger partial charge on any atom is 0.269 e. The summed E-state index contributed by atoms with van der Waals surface area (Å²) in [5.74, 6) is 0. The van der Waals surface area contributed by atoms with E-state index < -0.39 is 11.0 Å². The molecule has 106 valence electrons. The van der Waals surface area contributed by atoms with Crippen LogP contribution in [0.1, 0.15) is 39.4 Å². The molecule has 1 unspecified atom stereocenters. The Balaban J connectivity index is 2.77. The highest BCUT2D eigenvalue weighted by Crippen LogP contribution is 2.20. The Morgan fingerprint density at radius 2 is 1.63 bits per heavy atom. The maximum absolute atomic E-state index is 10.6.